The predicted octanol–water partition coefficient (Wildman–Crippen LogP) is 2.77. The van der Waals surface area contributed by atoms with Crippen molar-refractivity contribution in [3.63, 3.8) is 0 Å². The number of aliphatic carboxylic acids is 2. The van der Waals surface area contributed by atoms with Gasteiger partial charge in [-0.25, -0.2) is 0 Å². The molecule has 0 aliphatic carbocycles. The van der Waals surface area contributed by atoms with Crippen LogP contribution in [0.25, 0.3) is 0 Å². The Balaban J connectivity index is 3.16. The van der Waals surface area contributed by atoms with Crippen LogP contribution in [0.15, 0.2) is 16.6 Å². The molecule has 0 saturated carbocycles. The number of carboxylic acid groups (broad SMARTS) is 2. The maximum atomic E-state index is 12.8. The van der Waals surface area contributed by atoms with Crippen molar-refractivity contribution in [2.75, 3.05) is 5.73 Å². The minimum Gasteiger partial charge on any atom is -0.481 e. The second-order valence-electron chi connectivity index (χ2n) is 4.37. The van der Waals surface area contributed by atoms with E-state index in [1.807, 2.05) is 0 Å². The number of hydrogen-bond acceptors (Lipinski definition) is 3. The number of anilines is 1. The molecule has 1 unspecified atom stereocenters. The first kappa shape index (κ1) is 17.3. The third-order valence-electron chi connectivity index (χ3n) is 2.75. The first-order chi connectivity index (χ1) is 9.52. The Hall–Kier alpha value is -1.77. The first-order valence-electron chi connectivity index (χ1n) is 5.62. The smallest absolute Gasteiger partial charge is 0.418 e. The molecule has 0 aromatic heterocycles. The number of carboxylic acids is 2. The van der Waals surface area contributed by atoms with Crippen molar-refractivity contribution in [3.05, 3.63) is 27.7 Å². The molecule has 0 fully saturated rings. The summed E-state index contributed by atoms with van der Waals surface area (Å²) in [4.78, 5) is 21.5. The highest BCUT2D eigenvalue weighted by atomic mass is 79.9. The summed E-state index contributed by atoms with van der Waals surface area (Å²) in [6.45, 7) is 0. The van der Waals surface area contributed by atoms with E-state index < -0.39 is 41.7 Å². The van der Waals surface area contributed by atoms with E-state index in [0.29, 0.717) is 0 Å². The molecular formula is C12H11BrF3NO4. The molecule has 0 heterocycles. The van der Waals surface area contributed by atoms with Gasteiger partial charge < -0.3 is 15.9 Å². The molecule has 0 saturated heterocycles. The molecule has 1 rings (SSSR count). The second-order valence-corrected chi connectivity index (χ2v) is 5.23. The number of alkyl halides is 3. The Bertz CT molecular complexity index is 574. The molecule has 0 bridgehead atoms. The molecular weight excluding hydrogens is 359 g/mol. The molecule has 0 amide bonds. The zero-order chi connectivity index (χ0) is 16.4. The van der Waals surface area contributed by atoms with Crippen LogP contribution < -0.4 is 5.73 Å². The lowest BCUT2D eigenvalue weighted by Gasteiger charge is -2.15. The molecule has 116 valence electrons. The van der Waals surface area contributed by atoms with Crippen molar-refractivity contribution in [2.24, 2.45) is 5.92 Å². The molecule has 4 N–H and O–H groups in total. The lowest BCUT2D eigenvalue weighted by molar-refractivity contribution is -0.148. The Morgan fingerprint density at radius 2 is 1.86 bits per heavy atom. The Kier molecular flexibility index (Phi) is 5.21. The molecule has 1 aromatic rings. The summed E-state index contributed by atoms with van der Waals surface area (Å²) in [6, 6.07) is 1.99. The van der Waals surface area contributed by atoms with Gasteiger partial charge in [-0.1, -0.05) is 0 Å². The maximum absolute atomic E-state index is 12.8. The Labute approximate surface area is 125 Å². The highest BCUT2D eigenvalue weighted by Gasteiger charge is 2.34. The third kappa shape index (κ3) is 4.62. The Morgan fingerprint density at radius 1 is 1.29 bits per heavy atom. The zero-order valence-electron chi connectivity index (χ0n) is 10.4. The van der Waals surface area contributed by atoms with Gasteiger partial charge in [-0.05, 0) is 40.0 Å². The van der Waals surface area contributed by atoms with Gasteiger partial charge in [-0.3, -0.25) is 9.59 Å². The highest BCUT2D eigenvalue weighted by Crippen LogP contribution is 2.38. The fraction of sp³-hybridized carbons (Fsp3) is 0.333. The van der Waals surface area contributed by atoms with Crippen LogP contribution in [-0.2, 0) is 22.2 Å². The largest absolute Gasteiger partial charge is 0.481 e. The SMILES string of the molecule is Nc1c(Br)cc(CC(CC(=O)O)C(=O)O)cc1C(F)(F)F. The van der Waals surface area contributed by atoms with Gasteiger partial charge in [0.2, 0.25) is 0 Å². The number of benzene rings is 1. The van der Waals surface area contributed by atoms with Crippen molar-refractivity contribution in [2.45, 2.75) is 19.0 Å². The lowest BCUT2D eigenvalue weighted by Crippen LogP contribution is -2.20. The molecule has 0 spiro atoms. The molecule has 5 nitrogen and oxygen atoms in total. The summed E-state index contributed by atoms with van der Waals surface area (Å²) in [7, 11) is 0. The summed E-state index contributed by atoms with van der Waals surface area (Å²) >= 11 is 2.88. The summed E-state index contributed by atoms with van der Waals surface area (Å²) in [6.07, 6.45) is -5.71. The molecule has 9 heteroatoms. The van der Waals surface area contributed by atoms with Gasteiger partial charge in [0.15, 0.2) is 0 Å². The molecule has 0 radical (unpaired) electrons. The van der Waals surface area contributed by atoms with Crippen LogP contribution >= 0.6 is 15.9 Å². The summed E-state index contributed by atoms with van der Waals surface area (Å²) in [5, 5.41) is 17.5. The van der Waals surface area contributed by atoms with Crippen LogP contribution in [0.2, 0.25) is 0 Å². The van der Waals surface area contributed by atoms with E-state index in [0.717, 1.165) is 6.07 Å². The van der Waals surface area contributed by atoms with Crippen LogP contribution in [0.1, 0.15) is 17.5 Å². The van der Waals surface area contributed by atoms with Gasteiger partial charge in [0, 0.05) is 4.47 Å². The van der Waals surface area contributed by atoms with Crippen molar-refractivity contribution >= 4 is 33.6 Å². The van der Waals surface area contributed by atoms with E-state index >= 15 is 0 Å². The van der Waals surface area contributed by atoms with Crippen LogP contribution in [0.3, 0.4) is 0 Å². The van der Waals surface area contributed by atoms with Crippen LogP contribution in [0.4, 0.5) is 18.9 Å². The van der Waals surface area contributed by atoms with Gasteiger partial charge in [-0.15, -0.1) is 0 Å². The van der Waals surface area contributed by atoms with Crippen LogP contribution in [-0.4, -0.2) is 22.2 Å². The number of hydrogen-bond donors (Lipinski definition) is 3. The fourth-order valence-corrected chi connectivity index (χ4v) is 2.28. The molecule has 0 aliphatic rings. The van der Waals surface area contributed by atoms with Crippen molar-refractivity contribution in [1.82, 2.24) is 0 Å². The van der Waals surface area contributed by atoms with E-state index in [-0.39, 0.29) is 16.5 Å². The van der Waals surface area contributed by atoms with Crippen LogP contribution in [0.5, 0.6) is 0 Å². The Morgan fingerprint density at radius 3 is 2.29 bits per heavy atom. The quantitative estimate of drug-likeness (QED) is 0.692. The minimum absolute atomic E-state index is 0.0215. The molecule has 1 atom stereocenters. The zero-order valence-corrected chi connectivity index (χ0v) is 12.0. The average molecular weight is 370 g/mol. The topological polar surface area (TPSA) is 101 Å². The number of carbonyl (C=O) groups is 2. The van der Waals surface area contributed by atoms with Crippen molar-refractivity contribution < 1.29 is 33.0 Å². The monoisotopic (exact) mass is 369 g/mol. The third-order valence-corrected chi connectivity index (χ3v) is 3.40. The number of nitrogens with two attached hydrogens (primary N) is 1. The summed E-state index contributed by atoms with van der Waals surface area (Å²) in [5.74, 6) is -4.05. The van der Waals surface area contributed by atoms with Crippen molar-refractivity contribution in [1.29, 1.82) is 0 Å². The summed E-state index contributed by atoms with van der Waals surface area (Å²) in [5.41, 5.74) is 3.78. The lowest BCUT2D eigenvalue weighted by atomic mass is 9.95. The number of halogens is 4. The maximum Gasteiger partial charge on any atom is 0.418 e. The van der Waals surface area contributed by atoms with E-state index in [1.165, 1.54) is 6.07 Å². The number of nitrogen functional groups attached to an aromatic ring is 1. The van der Waals surface area contributed by atoms with Gasteiger partial charge in [0.05, 0.1) is 23.6 Å². The van der Waals surface area contributed by atoms with Crippen LogP contribution in [0, 0.1) is 5.92 Å². The first-order valence-corrected chi connectivity index (χ1v) is 6.41. The van der Waals surface area contributed by atoms with Gasteiger partial charge in [0.25, 0.3) is 0 Å². The minimum atomic E-state index is -4.69. The summed E-state index contributed by atoms with van der Waals surface area (Å²) < 4.78 is 38.4. The molecule has 21 heavy (non-hydrogen) atoms. The van der Waals surface area contributed by atoms with Crippen molar-refractivity contribution in [3.8, 4) is 0 Å². The molecule has 0 aliphatic heterocycles. The number of rotatable bonds is 5. The van der Waals surface area contributed by atoms with Gasteiger partial charge in [-0.2, -0.15) is 13.2 Å². The standard InChI is InChI=1S/C12H11BrF3NO4/c13-8-3-5(1-6(11(20)21)4-9(18)19)2-7(10(8)17)12(14,15)16/h2-3,6H,1,4,17H2,(H,18,19)(H,20,21). The normalized spacial score (nSPS) is 13.0. The van der Waals surface area contributed by atoms with Gasteiger partial charge >= 0.3 is 18.1 Å². The highest BCUT2D eigenvalue weighted by molar-refractivity contribution is 9.10. The molecule has 1 aromatic carbocycles. The second kappa shape index (κ2) is 6.33. The van der Waals surface area contributed by atoms with E-state index in [1.54, 1.807) is 0 Å². The predicted molar refractivity (Wildman–Crippen MR) is 70.6 cm³/mol. The average Bonchev–Trinajstić information content (AvgIpc) is 2.30. The van der Waals surface area contributed by atoms with E-state index in [2.05, 4.69) is 15.9 Å². The van der Waals surface area contributed by atoms with E-state index in [4.69, 9.17) is 15.9 Å². The fourth-order valence-electron chi connectivity index (χ4n) is 1.77. The van der Waals surface area contributed by atoms with E-state index in [9.17, 15) is 22.8 Å². The van der Waals surface area contributed by atoms with Gasteiger partial charge in [0.1, 0.15) is 0 Å².